The van der Waals surface area contributed by atoms with Gasteiger partial charge in [0.1, 0.15) is 0 Å². The van der Waals surface area contributed by atoms with Crippen LogP contribution in [-0.4, -0.2) is 35.9 Å². The molecule has 19 heavy (non-hydrogen) atoms. The summed E-state index contributed by atoms with van der Waals surface area (Å²) in [5.74, 6) is 0.489. The maximum absolute atomic E-state index is 12.4. The van der Waals surface area contributed by atoms with Crippen molar-refractivity contribution in [2.75, 3.05) is 14.1 Å². The molecule has 0 radical (unpaired) electrons. The molecule has 1 N–H and O–H groups in total. The van der Waals surface area contributed by atoms with E-state index in [2.05, 4.69) is 10.3 Å². The third kappa shape index (κ3) is 3.77. The van der Waals surface area contributed by atoms with Crippen LogP contribution >= 0.6 is 0 Å². The van der Waals surface area contributed by atoms with Crippen LogP contribution in [0.4, 0.5) is 0 Å². The average Bonchev–Trinajstić information content (AvgIpc) is 2.47. The molecule has 1 amide bonds. The standard InChI is InChI=1S/C15H23N3O/c1-16-14-5-3-13(4-6-14)15(19)18(2)11-12-7-9-17-10-8-12/h7-10,13-14,16H,3-6,11H2,1-2H3. The first-order valence-electron chi connectivity index (χ1n) is 7.02. The van der Waals surface area contributed by atoms with E-state index in [1.165, 1.54) is 0 Å². The molecule has 1 heterocycles. The molecule has 0 aliphatic heterocycles. The maximum atomic E-state index is 12.4. The summed E-state index contributed by atoms with van der Waals surface area (Å²) in [5, 5.41) is 3.30. The first kappa shape index (κ1) is 14.0. The van der Waals surface area contributed by atoms with E-state index in [4.69, 9.17) is 0 Å². The molecule has 0 saturated heterocycles. The molecule has 0 spiro atoms. The Morgan fingerprint density at radius 2 is 1.95 bits per heavy atom. The highest BCUT2D eigenvalue weighted by molar-refractivity contribution is 5.78. The van der Waals surface area contributed by atoms with Crippen molar-refractivity contribution < 1.29 is 4.79 Å². The van der Waals surface area contributed by atoms with Gasteiger partial charge in [-0.3, -0.25) is 9.78 Å². The fourth-order valence-corrected chi connectivity index (χ4v) is 2.78. The van der Waals surface area contributed by atoms with E-state index in [0.717, 1.165) is 31.2 Å². The lowest BCUT2D eigenvalue weighted by Crippen LogP contribution is -2.38. The SMILES string of the molecule is CNC1CCC(C(=O)N(C)Cc2ccncc2)CC1. The van der Waals surface area contributed by atoms with Crippen LogP contribution in [0.2, 0.25) is 0 Å². The van der Waals surface area contributed by atoms with E-state index < -0.39 is 0 Å². The van der Waals surface area contributed by atoms with Gasteiger partial charge in [0.05, 0.1) is 0 Å². The normalized spacial score (nSPS) is 23.1. The molecule has 1 aromatic heterocycles. The largest absolute Gasteiger partial charge is 0.341 e. The van der Waals surface area contributed by atoms with Gasteiger partial charge in [-0.15, -0.1) is 0 Å². The number of nitrogens with one attached hydrogen (secondary N) is 1. The lowest BCUT2D eigenvalue weighted by molar-refractivity contribution is -0.135. The maximum Gasteiger partial charge on any atom is 0.225 e. The zero-order chi connectivity index (χ0) is 13.7. The molecule has 2 rings (SSSR count). The summed E-state index contributed by atoms with van der Waals surface area (Å²) < 4.78 is 0. The summed E-state index contributed by atoms with van der Waals surface area (Å²) in [6.07, 6.45) is 7.76. The Morgan fingerprint density at radius 3 is 2.53 bits per heavy atom. The number of carbonyl (C=O) groups excluding carboxylic acids is 1. The van der Waals surface area contributed by atoms with Crippen molar-refractivity contribution in [2.24, 2.45) is 5.92 Å². The lowest BCUT2D eigenvalue weighted by atomic mass is 9.85. The Bertz CT molecular complexity index is 399. The van der Waals surface area contributed by atoms with E-state index >= 15 is 0 Å². The Hall–Kier alpha value is -1.42. The van der Waals surface area contributed by atoms with Crippen LogP contribution in [-0.2, 0) is 11.3 Å². The van der Waals surface area contributed by atoms with Gasteiger partial charge in [-0.2, -0.15) is 0 Å². The third-order valence-corrected chi connectivity index (χ3v) is 4.03. The molecule has 1 aliphatic carbocycles. The van der Waals surface area contributed by atoms with Crippen LogP contribution in [0.25, 0.3) is 0 Å². The van der Waals surface area contributed by atoms with Crippen molar-refractivity contribution in [1.82, 2.24) is 15.2 Å². The highest BCUT2D eigenvalue weighted by atomic mass is 16.2. The topological polar surface area (TPSA) is 45.2 Å². The first-order valence-corrected chi connectivity index (χ1v) is 7.02. The predicted molar refractivity (Wildman–Crippen MR) is 75.5 cm³/mol. The third-order valence-electron chi connectivity index (χ3n) is 4.03. The Morgan fingerprint density at radius 1 is 1.32 bits per heavy atom. The number of nitrogens with zero attached hydrogens (tertiary/aromatic N) is 2. The summed E-state index contributed by atoms with van der Waals surface area (Å²) in [7, 11) is 3.90. The van der Waals surface area contributed by atoms with E-state index in [9.17, 15) is 4.79 Å². The fraction of sp³-hybridized carbons (Fsp3) is 0.600. The second kappa shape index (κ2) is 6.66. The minimum absolute atomic E-state index is 0.205. The average molecular weight is 261 g/mol. The van der Waals surface area contributed by atoms with Crippen LogP contribution in [0.1, 0.15) is 31.2 Å². The number of carbonyl (C=O) groups is 1. The van der Waals surface area contributed by atoms with E-state index in [1.54, 1.807) is 12.4 Å². The minimum atomic E-state index is 0.205. The van der Waals surface area contributed by atoms with E-state index in [-0.39, 0.29) is 11.8 Å². The molecular weight excluding hydrogens is 238 g/mol. The van der Waals surface area contributed by atoms with Gasteiger partial charge in [-0.05, 0) is 50.4 Å². The second-order valence-electron chi connectivity index (χ2n) is 5.39. The number of rotatable bonds is 4. The van der Waals surface area contributed by atoms with Gasteiger partial charge < -0.3 is 10.2 Å². The predicted octanol–water partition coefficient (Wildman–Crippen LogP) is 1.82. The smallest absolute Gasteiger partial charge is 0.225 e. The molecule has 0 bridgehead atoms. The number of hydrogen-bond donors (Lipinski definition) is 1. The number of pyridine rings is 1. The number of hydrogen-bond acceptors (Lipinski definition) is 3. The molecule has 1 aliphatic rings. The zero-order valence-electron chi connectivity index (χ0n) is 11.8. The summed E-state index contributed by atoms with van der Waals surface area (Å²) in [6.45, 7) is 0.674. The Kier molecular flexibility index (Phi) is 4.91. The van der Waals surface area contributed by atoms with Crippen LogP contribution in [0.5, 0.6) is 0 Å². The molecule has 1 aromatic rings. The summed E-state index contributed by atoms with van der Waals surface area (Å²) in [5.41, 5.74) is 1.13. The monoisotopic (exact) mass is 261 g/mol. The van der Waals surface area contributed by atoms with Gasteiger partial charge in [-0.25, -0.2) is 0 Å². The molecule has 1 saturated carbocycles. The molecular formula is C15H23N3O. The van der Waals surface area contributed by atoms with Crippen molar-refractivity contribution in [3.8, 4) is 0 Å². The molecule has 4 nitrogen and oxygen atoms in total. The summed E-state index contributed by atoms with van der Waals surface area (Å²) in [6, 6.07) is 4.51. The van der Waals surface area contributed by atoms with Gasteiger partial charge in [0.15, 0.2) is 0 Å². The van der Waals surface area contributed by atoms with E-state index in [0.29, 0.717) is 12.6 Å². The van der Waals surface area contributed by atoms with Gasteiger partial charge in [-0.1, -0.05) is 0 Å². The quantitative estimate of drug-likeness (QED) is 0.899. The Labute approximate surface area is 115 Å². The highest BCUT2D eigenvalue weighted by Crippen LogP contribution is 2.25. The van der Waals surface area contributed by atoms with Crippen LogP contribution in [0, 0.1) is 5.92 Å². The summed E-state index contributed by atoms with van der Waals surface area (Å²) >= 11 is 0. The van der Waals surface area contributed by atoms with Gasteiger partial charge >= 0.3 is 0 Å². The number of aromatic nitrogens is 1. The van der Waals surface area contributed by atoms with Gasteiger partial charge in [0.2, 0.25) is 5.91 Å². The highest BCUT2D eigenvalue weighted by Gasteiger charge is 2.27. The van der Waals surface area contributed by atoms with E-state index in [1.807, 2.05) is 31.1 Å². The second-order valence-corrected chi connectivity index (χ2v) is 5.39. The molecule has 1 fully saturated rings. The zero-order valence-corrected chi connectivity index (χ0v) is 11.8. The lowest BCUT2D eigenvalue weighted by Gasteiger charge is -2.30. The molecule has 0 atom stereocenters. The van der Waals surface area contributed by atoms with Crippen LogP contribution in [0.15, 0.2) is 24.5 Å². The fourth-order valence-electron chi connectivity index (χ4n) is 2.78. The van der Waals surface area contributed by atoms with Gasteiger partial charge in [0, 0.05) is 37.9 Å². The summed E-state index contributed by atoms with van der Waals surface area (Å²) in [4.78, 5) is 18.2. The first-order chi connectivity index (χ1) is 9.20. The van der Waals surface area contributed by atoms with Crippen molar-refractivity contribution >= 4 is 5.91 Å². The Balaban J connectivity index is 1.86. The van der Waals surface area contributed by atoms with Crippen LogP contribution < -0.4 is 5.32 Å². The molecule has 4 heteroatoms. The molecule has 0 aromatic carbocycles. The van der Waals surface area contributed by atoms with Crippen LogP contribution in [0.3, 0.4) is 0 Å². The molecule has 0 unspecified atom stereocenters. The number of amides is 1. The van der Waals surface area contributed by atoms with Gasteiger partial charge in [0.25, 0.3) is 0 Å². The van der Waals surface area contributed by atoms with Crippen molar-refractivity contribution in [2.45, 2.75) is 38.3 Å². The van der Waals surface area contributed by atoms with Crippen molar-refractivity contribution in [1.29, 1.82) is 0 Å². The molecule has 104 valence electrons. The van der Waals surface area contributed by atoms with Crippen molar-refractivity contribution in [3.63, 3.8) is 0 Å². The van der Waals surface area contributed by atoms with Crippen molar-refractivity contribution in [3.05, 3.63) is 30.1 Å². The minimum Gasteiger partial charge on any atom is -0.341 e.